The number of aliphatic carboxylic acids is 4. The second-order valence-corrected chi connectivity index (χ2v) is 8.31. The Balaban J connectivity index is -0.00000162. The molecule has 14 nitrogen and oxygen atoms in total. The van der Waals surface area contributed by atoms with Crippen LogP contribution in [0.25, 0.3) is 0 Å². The Bertz CT molecular complexity index is 778. The predicted octanol–water partition coefficient (Wildman–Crippen LogP) is -18.2. The molecule has 0 saturated carbocycles. The number of ketones is 4. The fourth-order valence-electron chi connectivity index (χ4n) is 3.66. The Morgan fingerprint density at radius 3 is 0.750 bits per heavy atom. The number of carboxylic acid groups (broad SMARTS) is 4. The first-order valence-corrected chi connectivity index (χ1v) is 11.2. The molecule has 1 saturated heterocycles. The van der Waals surface area contributed by atoms with Crippen LogP contribution in [0.5, 0.6) is 0 Å². The fourth-order valence-corrected chi connectivity index (χ4v) is 3.66. The average Bonchev–Trinajstić information content (AvgIpc) is 2.77. The van der Waals surface area contributed by atoms with Gasteiger partial charge in [-0.25, -0.2) is 0 Å². The van der Waals surface area contributed by atoms with Gasteiger partial charge < -0.3 is 39.6 Å². The van der Waals surface area contributed by atoms with Crippen molar-refractivity contribution in [1.29, 1.82) is 0 Å². The maximum Gasteiger partial charge on any atom is 1.00 e. The van der Waals surface area contributed by atoms with Crippen LogP contribution in [-0.2, 0) is 38.4 Å². The summed E-state index contributed by atoms with van der Waals surface area (Å²) in [6.07, 6.45) is -2.57. The van der Waals surface area contributed by atoms with E-state index in [4.69, 9.17) is 0 Å². The van der Waals surface area contributed by atoms with E-state index in [0.717, 1.165) is 9.80 Å². The Morgan fingerprint density at radius 2 is 0.600 bits per heavy atom. The Kier molecular flexibility index (Phi) is 29.5. The third kappa shape index (κ3) is 18.2. The van der Waals surface area contributed by atoms with E-state index < -0.39 is 59.1 Å². The molecule has 200 valence electrons. The van der Waals surface area contributed by atoms with Gasteiger partial charge in [0.15, 0.2) is 0 Å². The second kappa shape index (κ2) is 24.9. The second-order valence-electron chi connectivity index (χ2n) is 8.31. The van der Waals surface area contributed by atoms with E-state index in [1.165, 1.54) is 0 Å². The number of hydrogen-bond acceptors (Lipinski definition) is 14. The normalized spacial score (nSPS) is 17.2. The number of carbonyl (C=O) groups is 8. The van der Waals surface area contributed by atoms with Crippen LogP contribution in [-0.4, -0.2) is 95.1 Å². The molecule has 1 aliphatic rings. The summed E-state index contributed by atoms with van der Waals surface area (Å²) in [5, 5.41) is 45.0. The van der Waals surface area contributed by atoms with Gasteiger partial charge in [-0.3, -0.25) is 29.0 Å². The van der Waals surface area contributed by atoms with Crippen molar-refractivity contribution in [1.82, 2.24) is 9.80 Å². The number of nitrogens with zero attached hydrogens (tertiary/aromatic N) is 2. The van der Waals surface area contributed by atoms with Crippen LogP contribution in [0.1, 0.15) is 51.4 Å². The van der Waals surface area contributed by atoms with Gasteiger partial charge in [0.1, 0.15) is 23.1 Å². The maximum atomic E-state index is 12.2. The molecule has 0 aromatic carbocycles. The number of hydrogen-bond donors (Lipinski definition) is 0. The molecule has 0 aromatic rings. The molecule has 18 heteroatoms. The van der Waals surface area contributed by atoms with Gasteiger partial charge in [0.2, 0.25) is 0 Å². The largest absolute Gasteiger partial charge is 1.00 e. The Morgan fingerprint density at radius 1 is 0.425 bits per heavy atom. The molecule has 1 fully saturated rings. The van der Waals surface area contributed by atoms with Crippen LogP contribution in [0.3, 0.4) is 0 Å². The predicted molar refractivity (Wildman–Crippen MR) is 108 cm³/mol. The van der Waals surface area contributed by atoms with Gasteiger partial charge >= 0.3 is 118 Å². The summed E-state index contributed by atoms with van der Waals surface area (Å²) in [7, 11) is 0. The van der Waals surface area contributed by atoms with E-state index in [2.05, 4.69) is 0 Å². The summed E-state index contributed by atoms with van der Waals surface area (Å²) in [5.74, 6) is -10.0. The molecule has 0 aromatic heterocycles. The topological polar surface area (TPSA) is 235 Å². The van der Waals surface area contributed by atoms with Crippen molar-refractivity contribution in [2.24, 2.45) is 0 Å². The van der Waals surface area contributed by atoms with Gasteiger partial charge in [-0.1, -0.05) is 0 Å². The van der Waals surface area contributed by atoms with Crippen molar-refractivity contribution in [3.63, 3.8) is 0 Å². The summed E-state index contributed by atoms with van der Waals surface area (Å²) in [6.45, 7) is -1.51. The number of carbonyl (C=O) groups excluding carboxylic acids is 8. The molecule has 0 spiro atoms. The van der Waals surface area contributed by atoms with E-state index >= 15 is 0 Å². The molecule has 0 amide bonds. The zero-order chi connectivity index (χ0) is 27.4. The van der Waals surface area contributed by atoms with Gasteiger partial charge in [0.25, 0.3) is 0 Å². The van der Waals surface area contributed by atoms with Gasteiger partial charge in [-0.05, 0) is 0 Å². The van der Waals surface area contributed by atoms with Gasteiger partial charge in [0.05, 0.1) is 36.0 Å². The van der Waals surface area contributed by atoms with Gasteiger partial charge in [-0.2, -0.15) is 0 Å². The van der Waals surface area contributed by atoms with Crippen molar-refractivity contribution in [3.05, 3.63) is 0 Å². The molecule has 1 rings (SSSR count). The summed E-state index contributed by atoms with van der Waals surface area (Å²) in [4.78, 5) is 95.5. The standard InChI is InChI=1S/C22H30N2O12.4Na/c25-13-1-2-14(26)6-10-24(18(21(33)34)22(35)36)12-8-16(28)4-3-15(27)7-11-23(9-5-13)17(19(29)30)20(31)32;;;;/h17-18H,1-12H2,(H,29,30)(H,31,32)(H,33,34)(H,35,36);;;;/q;4*+1/p-4. The van der Waals surface area contributed by atoms with Crippen LogP contribution in [0.15, 0.2) is 0 Å². The zero-order valence-corrected chi connectivity index (χ0v) is 31.4. The van der Waals surface area contributed by atoms with Gasteiger partial charge in [-0.15, -0.1) is 0 Å². The quantitative estimate of drug-likeness (QED) is 0.203. The van der Waals surface area contributed by atoms with Crippen molar-refractivity contribution >= 4 is 47.0 Å². The van der Waals surface area contributed by atoms with Crippen molar-refractivity contribution in [2.45, 2.75) is 63.5 Å². The minimum absolute atomic E-state index is 0. The molecule has 0 radical (unpaired) electrons. The van der Waals surface area contributed by atoms with Crippen LogP contribution >= 0.6 is 0 Å². The molecular weight excluding hydrogens is 576 g/mol. The van der Waals surface area contributed by atoms with Crippen LogP contribution < -0.4 is 139 Å². The fraction of sp³-hybridized carbons (Fsp3) is 0.636. The van der Waals surface area contributed by atoms with Gasteiger partial charge in [0, 0.05) is 77.5 Å². The Hall–Kier alpha value is 0.480. The molecule has 1 heterocycles. The molecule has 0 bridgehead atoms. The molecule has 0 N–H and O–H groups in total. The van der Waals surface area contributed by atoms with E-state index in [0.29, 0.717) is 0 Å². The minimum Gasteiger partial charge on any atom is -0.548 e. The van der Waals surface area contributed by atoms with E-state index in [9.17, 15) is 58.8 Å². The van der Waals surface area contributed by atoms with Crippen molar-refractivity contribution in [2.75, 3.05) is 26.2 Å². The minimum atomic E-state index is -2.22. The summed E-state index contributed by atoms with van der Waals surface area (Å²) < 4.78 is 0. The molecular formula is C22H26N2Na4O12. The smallest absolute Gasteiger partial charge is 0.548 e. The SMILES string of the molecule is O=C1CCC(=O)CCN(C(C(=O)[O-])C(=O)[O-])CCC(=O)CCC(=O)CCN(C(C(=O)[O-])C(=O)[O-])CC1.[Na+].[Na+].[Na+].[Na+]. The maximum absolute atomic E-state index is 12.2. The van der Waals surface area contributed by atoms with Crippen molar-refractivity contribution < 1.29 is 177 Å². The van der Waals surface area contributed by atoms with Crippen molar-refractivity contribution in [3.8, 4) is 0 Å². The number of Topliss-reactive ketones (excluding diaryl/α,β-unsaturated/α-hetero) is 4. The molecule has 1 aliphatic heterocycles. The Labute approximate surface area is 319 Å². The van der Waals surface area contributed by atoms with E-state index in [-0.39, 0.29) is 196 Å². The molecule has 0 atom stereocenters. The first-order chi connectivity index (χ1) is 16.8. The van der Waals surface area contributed by atoms with E-state index in [1.807, 2.05) is 0 Å². The van der Waals surface area contributed by atoms with Crippen LogP contribution in [0.2, 0.25) is 0 Å². The third-order valence-electron chi connectivity index (χ3n) is 5.70. The monoisotopic (exact) mass is 602 g/mol. The third-order valence-corrected chi connectivity index (χ3v) is 5.70. The first kappa shape index (κ1) is 47.4. The first-order valence-electron chi connectivity index (χ1n) is 11.2. The summed E-state index contributed by atoms with van der Waals surface area (Å²) in [5.41, 5.74) is 0. The summed E-state index contributed by atoms with van der Waals surface area (Å²) >= 11 is 0. The van der Waals surface area contributed by atoms with Crippen LogP contribution in [0, 0.1) is 0 Å². The number of carboxylic acids is 4. The average molecular weight is 602 g/mol. The molecule has 0 aliphatic carbocycles. The van der Waals surface area contributed by atoms with Crippen LogP contribution in [0.4, 0.5) is 0 Å². The molecule has 40 heavy (non-hydrogen) atoms. The van der Waals surface area contributed by atoms with E-state index in [1.54, 1.807) is 0 Å². The number of rotatable bonds is 6. The zero-order valence-electron chi connectivity index (χ0n) is 23.4. The molecule has 0 unspecified atom stereocenters. The summed E-state index contributed by atoms with van der Waals surface area (Å²) in [6, 6.07) is -4.43.